The second-order valence-corrected chi connectivity index (χ2v) is 5.57. The van der Waals surface area contributed by atoms with Crippen LogP contribution >= 0.6 is 0 Å². The first-order chi connectivity index (χ1) is 11.1. The zero-order chi connectivity index (χ0) is 16.4. The van der Waals surface area contributed by atoms with E-state index in [1.165, 1.54) is 0 Å². The first-order valence-corrected chi connectivity index (χ1v) is 7.38. The van der Waals surface area contributed by atoms with Gasteiger partial charge in [0.05, 0.1) is 24.1 Å². The van der Waals surface area contributed by atoms with E-state index in [9.17, 15) is 4.79 Å². The van der Waals surface area contributed by atoms with Crippen LogP contribution < -0.4 is 16.4 Å². The van der Waals surface area contributed by atoms with Gasteiger partial charge in [-0.25, -0.2) is 4.98 Å². The molecule has 8 heteroatoms. The number of hydrogen-bond acceptors (Lipinski definition) is 6. The Balaban J connectivity index is 1.92. The van der Waals surface area contributed by atoms with Crippen LogP contribution in [0.4, 0.5) is 5.82 Å². The van der Waals surface area contributed by atoms with E-state index in [1.54, 1.807) is 18.0 Å². The molecule has 1 atom stereocenters. The fourth-order valence-corrected chi connectivity index (χ4v) is 2.61. The van der Waals surface area contributed by atoms with Gasteiger partial charge in [-0.15, -0.1) is 0 Å². The summed E-state index contributed by atoms with van der Waals surface area (Å²) in [4.78, 5) is 16.7. The molecular weight excluding hydrogens is 296 g/mol. The number of anilines is 1. The van der Waals surface area contributed by atoms with Crippen LogP contribution in [-0.2, 0) is 18.3 Å². The summed E-state index contributed by atoms with van der Waals surface area (Å²) in [7, 11) is 3.45. The van der Waals surface area contributed by atoms with E-state index >= 15 is 0 Å². The number of ether oxygens (including phenoxy) is 1. The molecule has 2 aromatic rings. The Morgan fingerprint density at radius 3 is 3.09 bits per heavy atom. The Kier molecular flexibility index (Phi) is 4.26. The van der Waals surface area contributed by atoms with Crippen molar-refractivity contribution in [1.29, 1.82) is 0 Å². The molecule has 0 bridgehead atoms. The summed E-state index contributed by atoms with van der Waals surface area (Å²) in [6, 6.07) is 1.75. The maximum absolute atomic E-state index is 12.1. The fourth-order valence-electron chi connectivity index (χ4n) is 2.61. The van der Waals surface area contributed by atoms with Gasteiger partial charge in [0.1, 0.15) is 5.82 Å². The topological polar surface area (TPSA) is 107 Å². The number of nitrogens with two attached hydrogens (primary N) is 1. The molecular formula is C15H20N6O2. The molecule has 0 aliphatic carbocycles. The minimum Gasteiger partial charge on any atom is -0.383 e. The van der Waals surface area contributed by atoms with Gasteiger partial charge in [-0.1, -0.05) is 0 Å². The van der Waals surface area contributed by atoms with E-state index in [0.717, 1.165) is 11.1 Å². The van der Waals surface area contributed by atoms with Crippen molar-refractivity contribution in [2.45, 2.75) is 12.6 Å². The van der Waals surface area contributed by atoms with E-state index in [2.05, 4.69) is 20.7 Å². The zero-order valence-electron chi connectivity index (χ0n) is 13.2. The number of pyridine rings is 1. The molecule has 0 saturated carbocycles. The molecule has 0 fully saturated rings. The standard InChI is InChI=1S/C15H20N6O2/c1-21-7-10(5-19-21)14-13-9(4-18-15(13)22)3-12(20-14)17-6-11(16)8-23-2/h3,5,7,11H,4,6,8,16H2,1-2H3,(H,17,20)(H,18,22)/t11-/m1/s1. The zero-order valence-corrected chi connectivity index (χ0v) is 13.2. The normalized spacial score (nSPS) is 14.5. The van der Waals surface area contributed by atoms with Crippen molar-refractivity contribution in [1.82, 2.24) is 20.1 Å². The van der Waals surface area contributed by atoms with Crippen molar-refractivity contribution in [3.8, 4) is 11.3 Å². The van der Waals surface area contributed by atoms with Crippen LogP contribution in [0.25, 0.3) is 11.3 Å². The highest BCUT2D eigenvalue weighted by Crippen LogP contribution is 2.29. The summed E-state index contributed by atoms with van der Waals surface area (Å²) in [5.74, 6) is 0.583. The van der Waals surface area contributed by atoms with Gasteiger partial charge >= 0.3 is 0 Å². The molecule has 1 aliphatic rings. The molecule has 8 nitrogen and oxygen atoms in total. The van der Waals surface area contributed by atoms with Crippen molar-refractivity contribution in [2.24, 2.45) is 12.8 Å². The van der Waals surface area contributed by atoms with Crippen molar-refractivity contribution in [2.75, 3.05) is 25.6 Å². The summed E-state index contributed by atoms with van der Waals surface area (Å²) in [6.07, 6.45) is 3.54. The van der Waals surface area contributed by atoms with E-state index < -0.39 is 0 Å². The number of hydrogen-bond donors (Lipinski definition) is 3. The van der Waals surface area contributed by atoms with Gasteiger partial charge in [0.15, 0.2) is 0 Å². The smallest absolute Gasteiger partial charge is 0.254 e. The molecule has 2 aromatic heterocycles. The summed E-state index contributed by atoms with van der Waals surface area (Å²) in [6.45, 7) is 1.50. The Labute approximate surface area is 134 Å². The molecule has 0 spiro atoms. The van der Waals surface area contributed by atoms with Crippen molar-refractivity contribution >= 4 is 11.7 Å². The minimum absolute atomic E-state index is 0.103. The maximum Gasteiger partial charge on any atom is 0.254 e. The lowest BCUT2D eigenvalue weighted by atomic mass is 10.0. The Morgan fingerprint density at radius 1 is 1.57 bits per heavy atom. The predicted octanol–water partition coefficient (Wildman–Crippen LogP) is 0.111. The Bertz CT molecular complexity index is 727. The minimum atomic E-state index is -0.128. The van der Waals surface area contributed by atoms with Gasteiger partial charge in [-0.05, 0) is 11.6 Å². The van der Waals surface area contributed by atoms with E-state index in [-0.39, 0.29) is 11.9 Å². The molecule has 3 heterocycles. The van der Waals surface area contributed by atoms with Crippen LogP contribution in [0.5, 0.6) is 0 Å². The highest BCUT2D eigenvalue weighted by atomic mass is 16.5. The number of methoxy groups -OCH3 is 1. The van der Waals surface area contributed by atoms with Gasteiger partial charge in [-0.2, -0.15) is 5.10 Å². The third-order valence-electron chi connectivity index (χ3n) is 3.67. The lowest BCUT2D eigenvalue weighted by molar-refractivity contribution is 0.0966. The molecule has 1 aliphatic heterocycles. The van der Waals surface area contributed by atoms with Gasteiger partial charge in [0.2, 0.25) is 0 Å². The second kappa shape index (κ2) is 6.35. The number of rotatable bonds is 6. The third kappa shape index (κ3) is 3.17. The van der Waals surface area contributed by atoms with Crippen LogP contribution in [0.2, 0.25) is 0 Å². The number of carbonyl (C=O) groups is 1. The molecule has 1 amide bonds. The first-order valence-electron chi connectivity index (χ1n) is 7.38. The summed E-state index contributed by atoms with van der Waals surface area (Å²) < 4.78 is 6.71. The average Bonchev–Trinajstić information content (AvgIpc) is 3.11. The number of amides is 1. The van der Waals surface area contributed by atoms with E-state index in [0.29, 0.717) is 36.8 Å². The van der Waals surface area contributed by atoms with Crippen LogP contribution in [0.15, 0.2) is 18.5 Å². The molecule has 0 saturated heterocycles. The number of fused-ring (bicyclic) bond motifs is 1. The lowest BCUT2D eigenvalue weighted by Gasteiger charge is -2.14. The molecule has 122 valence electrons. The van der Waals surface area contributed by atoms with Crippen LogP contribution in [0.1, 0.15) is 15.9 Å². The maximum atomic E-state index is 12.1. The van der Waals surface area contributed by atoms with Crippen LogP contribution in [0.3, 0.4) is 0 Å². The van der Waals surface area contributed by atoms with E-state index in [1.807, 2.05) is 19.3 Å². The summed E-state index contributed by atoms with van der Waals surface area (Å²) in [5.41, 5.74) is 8.91. The fraction of sp³-hybridized carbons (Fsp3) is 0.400. The van der Waals surface area contributed by atoms with Crippen molar-refractivity contribution in [3.05, 3.63) is 29.6 Å². The number of aromatic nitrogens is 3. The molecule has 0 aromatic carbocycles. The molecule has 4 N–H and O–H groups in total. The average molecular weight is 316 g/mol. The van der Waals surface area contributed by atoms with Crippen LogP contribution in [-0.4, -0.2) is 47.0 Å². The van der Waals surface area contributed by atoms with Gasteiger partial charge in [-0.3, -0.25) is 9.48 Å². The second-order valence-electron chi connectivity index (χ2n) is 5.57. The van der Waals surface area contributed by atoms with Gasteiger partial charge in [0.25, 0.3) is 5.91 Å². The molecule has 0 unspecified atom stereocenters. The largest absolute Gasteiger partial charge is 0.383 e. The van der Waals surface area contributed by atoms with E-state index in [4.69, 9.17) is 10.5 Å². The lowest BCUT2D eigenvalue weighted by Crippen LogP contribution is -2.33. The number of aryl methyl sites for hydroxylation is 1. The first kappa shape index (κ1) is 15.4. The molecule has 23 heavy (non-hydrogen) atoms. The SMILES string of the molecule is COC[C@H](N)CNc1cc2c(c(-c3cnn(C)c3)n1)C(=O)NC2. The highest BCUT2D eigenvalue weighted by molar-refractivity contribution is 6.04. The van der Waals surface area contributed by atoms with Crippen LogP contribution in [0, 0.1) is 0 Å². The highest BCUT2D eigenvalue weighted by Gasteiger charge is 2.26. The van der Waals surface area contributed by atoms with Gasteiger partial charge in [0, 0.05) is 45.0 Å². The molecule has 3 rings (SSSR count). The molecule has 0 radical (unpaired) electrons. The monoisotopic (exact) mass is 316 g/mol. The summed E-state index contributed by atoms with van der Waals surface area (Å²) >= 11 is 0. The number of nitrogens with zero attached hydrogens (tertiary/aromatic N) is 3. The summed E-state index contributed by atoms with van der Waals surface area (Å²) in [5, 5.41) is 10.2. The van der Waals surface area contributed by atoms with Crippen molar-refractivity contribution in [3.63, 3.8) is 0 Å². The van der Waals surface area contributed by atoms with Gasteiger partial charge < -0.3 is 21.1 Å². The number of carbonyl (C=O) groups excluding carboxylic acids is 1. The third-order valence-corrected chi connectivity index (χ3v) is 3.67. The quantitative estimate of drug-likeness (QED) is 0.698. The Hall–Kier alpha value is -2.45. The number of nitrogens with one attached hydrogen (secondary N) is 2. The Morgan fingerprint density at radius 2 is 2.39 bits per heavy atom. The van der Waals surface area contributed by atoms with Crippen molar-refractivity contribution < 1.29 is 9.53 Å². The predicted molar refractivity (Wildman–Crippen MR) is 86.0 cm³/mol.